The first kappa shape index (κ1) is 12.0. The van der Waals surface area contributed by atoms with Crippen molar-refractivity contribution in [3.8, 4) is 5.75 Å². The first-order chi connectivity index (χ1) is 8.20. The van der Waals surface area contributed by atoms with Crippen molar-refractivity contribution in [2.45, 2.75) is 19.4 Å². The number of fused-ring (bicyclic) bond motifs is 1. The maximum absolute atomic E-state index is 5.83. The zero-order valence-electron chi connectivity index (χ0n) is 10.4. The molecule has 0 saturated heterocycles. The summed E-state index contributed by atoms with van der Waals surface area (Å²) in [6.45, 7) is 8.34. The lowest BCUT2D eigenvalue weighted by atomic mass is 10.1. The number of benzene rings is 1. The van der Waals surface area contributed by atoms with Gasteiger partial charge in [0.05, 0.1) is 12.2 Å². The molecule has 0 aliphatic carbocycles. The number of hydrogen-bond donors (Lipinski definition) is 1. The van der Waals surface area contributed by atoms with E-state index in [4.69, 9.17) is 10.5 Å². The summed E-state index contributed by atoms with van der Waals surface area (Å²) in [6.07, 6.45) is 2.82. The summed E-state index contributed by atoms with van der Waals surface area (Å²) in [6, 6.07) is 6.51. The van der Waals surface area contributed by atoms with Crippen LogP contribution in [0.4, 0.5) is 5.69 Å². The van der Waals surface area contributed by atoms with E-state index in [0.717, 1.165) is 37.6 Å². The standard InChI is InChI=1S/C14H20N2O/c1-3-6-16-7-8-17-14-5-4-12(9-11(2)15)10-13(14)16/h3-5,10-11H,1,6-9,15H2,2H3. The normalized spacial score (nSPS) is 16.0. The molecule has 2 N–H and O–H groups in total. The highest BCUT2D eigenvalue weighted by molar-refractivity contribution is 5.61. The highest BCUT2D eigenvalue weighted by Gasteiger charge is 2.17. The summed E-state index contributed by atoms with van der Waals surface area (Å²) in [5.74, 6) is 0.964. The maximum atomic E-state index is 5.83. The summed E-state index contributed by atoms with van der Waals surface area (Å²) < 4.78 is 5.65. The smallest absolute Gasteiger partial charge is 0.142 e. The first-order valence-electron chi connectivity index (χ1n) is 6.08. The van der Waals surface area contributed by atoms with Crippen molar-refractivity contribution in [3.05, 3.63) is 36.4 Å². The van der Waals surface area contributed by atoms with Gasteiger partial charge in [-0.15, -0.1) is 6.58 Å². The molecule has 1 aromatic rings. The molecule has 0 radical (unpaired) electrons. The van der Waals surface area contributed by atoms with Crippen LogP contribution in [-0.4, -0.2) is 25.7 Å². The highest BCUT2D eigenvalue weighted by Crippen LogP contribution is 2.32. The average Bonchev–Trinajstić information content (AvgIpc) is 2.29. The fourth-order valence-corrected chi connectivity index (χ4v) is 2.16. The van der Waals surface area contributed by atoms with E-state index in [1.807, 2.05) is 19.1 Å². The second-order valence-corrected chi connectivity index (χ2v) is 4.57. The van der Waals surface area contributed by atoms with Crippen LogP contribution in [0.15, 0.2) is 30.9 Å². The van der Waals surface area contributed by atoms with Crippen molar-refractivity contribution in [1.29, 1.82) is 0 Å². The van der Waals surface area contributed by atoms with E-state index in [2.05, 4.69) is 23.6 Å². The van der Waals surface area contributed by atoms with Crippen LogP contribution in [0.3, 0.4) is 0 Å². The van der Waals surface area contributed by atoms with Crippen LogP contribution in [0.5, 0.6) is 5.75 Å². The molecule has 0 amide bonds. The highest BCUT2D eigenvalue weighted by atomic mass is 16.5. The van der Waals surface area contributed by atoms with Gasteiger partial charge in [0.2, 0.25) is 0 Å². The van der Waals surface area contributed by atoms with Crippen LogP contribution in [0, 0.1) is 0 Å². The molecule has 92 valence electrons. The van der Waals surface area contributed by atoms with Gasteiger partial charge in [-0.25, -0.2) is 0 Å². The Kier molecular flexibility index (Phi) is 3.69. The summed E-state index contributed by atoms with van der Waals surface area (Å²) in [7, 11) is 0. The van der Waals surface area contributed by atoms with Gasteiger partial charge in [0.25, 0.3) is 0 Å². The van der Waals surface area contributed by atoms with Crippen molar-refractivity contribution in [3.63, 3.8) is 0 Å². The van der Waals surface area contributed by atoms with Crippen molar-refractivity contribution in [2.75, 3.05) is 24.6 Å². The molecule has 17 heavy (non-hydrogen) atoms. The third kappa shape index (κ3) is 2.80. The summed E-state index contributed by atoms with van der Waals surface area (Å²) in [5.41, 5.74) is 8.26. The average molecular weight is 232 g/mol. The summed E-state index contributed by atoms with van der Waals surface area (Å²) in [5, 5.41) is 0. The van der Waals surface area contributed by atoms with Crippen molar-refractivity contribution < 1.29 is 4.74 Å². The van der Waals surface area contributed by atoms with Gasteiger partial charge in [-0.1, -0.05) is 12.1 Å². The predicted octanol–water partition coefficient (Wildman–Crippen LogP) is 1.96. The zero-order chi connectivity index (χ0) is 12.3. The largest absolute Gasteiger partial charge is 0.490 e. The Labute approximate surface area is 103 Å². The van der Waals surface area contributed by atoms with Gasteiger partial charge in [-0.2, -0.15) is 0 Å². The molecular weight excluding hydrogens is 212 g/mol. The minimum atomic E-state index is 0.186. The van der Waals surface area contributed by atoms with Crippen LogP contribution in [0.25, 0.3) is 0 Å². The lowest BCUT2D eigenvalue weighted by Gasteiger charge is -2.30. The Morgan fingerprint density at radius 2 is 2.41 bits per heavy atom. The number of nitrogens with zero attached hydrogens (tertiary/aromatic N) is 1. The Morgan fingerprint density at radius 3 is 3.12 bits per heavy atom. The summed E-state index contributed by atoms with van der Waals surface area (Å²) >= 11 is 0. The SMILES string of the molecule is C=CCN1CCOc2ccc(CC(C)N)cc21. The molecule has 0 bridgehead atoms. The molecule has 3 heteroatoms. The van der Waals surface area contributed by atoms with E-state index >= 15 is 0 Å². The van der Waals surface area contributed by atoms with Crippen molar-refractivity contribution in [1.82, 2.24) is 0 Å². The van der Waals surface area contributed by atoms with Gasteiger partial charge in [0, 0.05) is 12.6 Å². The lowest BCUT2D eigenvalue weighted by Crippen LogP contribution is -2.32. The predicted molar refractivity (Wildman–Crippen MR) is 71.7 cm³/mol. The minimum absolute atomic E-state index is 0.186. The van der Waals surface area contributed by atoms with Gasteiger partial charge < -0.3 is 15.4 Å². The van der Waals surface area contributed by atoms with Gasteiger partial charge in [0.15, 0.2) is 0 Å². The Balaban J connectivity index is 2.26. The zero-order valence-corrected chi connectivity index (χ0v) is 10.4. The van der Waals surface area contributed by atoms with E-state index < -0.39 is 0 Å². The number of anilines is 1. The molecule has 0 fully saturated rings. The molecular formula is C14H20N2O. The number of nitrogens with two attached hydrogens (primary N) is 1. The second kappa shape index (κ2) is 5.23. The van der Waals surface area contributed by atoms with E-state index in [-0.39, 0.29) is 6.04 Å². The monoisotopic (exact) mass is 232 g/mol. The molecule has 1 aliphatic heterocycles. The fraction of sp³-hybridized carbons (Fsp3) is 0.429. The first-order valence-corrected chi connectivity index (χ1v) is 6.08. The molecule has 0 aromatic heterocycles. The van der Waals surface area contributed by atoms with Crippen LogP contribution in [-0.2, 0) is 6.42 Å². The van der Waals surface area contributed by atoms with E-state index in [1.165, 1.54) is 5.56 Å². The van der Waals surface area contributed by atoms with E-state index in [9.17, 15) is 0 Å². The van der Waals surface area contributed by atoms with Gasteiger partial charge in [0.1, 0.15) is 12.4 Å². The van der Waals surface area contributed by atoms with Gasteiger partial charge in [-0.05, 0) is 31.0 Å². The molecule has 1 aromatic carbocycles. The Hall–Kier alpha value is -1.48. The Morgan fingerprint density at radius 1 is 1.59 bits per heavy atom. The minimum Gasteiger partial charge on any atom is -0.490 e. The van der Waals surface area contributed by atoms with Crippen molar-refractivity contribution >= 4 is 5.69 Å². The van der Waals surface area contributed by atoms with E-state index in [1.54, 1.807) is 0 Å². The fourth-order valence-electron chi connectivity index (χ4n) is 2.16. The lowest BCUT2D eigenvalue weighted by molar-refractivity contribution is 0.309. The third-order valence-electron chi connectivity index (χ3n) is 2.89. The molecule has 1 unspecified atom stereocenters. The molecule has 1 aliphatic rings. The quantitative estimate of drug-likeness (QED) is 0.807. The number of ether oxygens (including phenoxy) is 1. The third-order valence-corrected chi connectivity index (χ3v) is 2.89. The Bertz CT molecular complexity index is 401. The molecule has 0 spiro atoms. The molecule has 2 rings (SSSR count). The van der Waals surface area contributed by atoms with Gasteiger partial charge >= 0.3 is 0 Å². The molecule has 1 heterocycles. The summed E-state index contributed by atoms with van der Waals surface area (Å²) in [4.78, 5) is 2.29. The number of rotatable bonds is 4. The second-order valence-electron chi connectivity index (χ2n) is 4.57. The van der Waals surface area contributed by atoms with Crippen LogP contribution < -0.4 is 15.4 Å². The van der Waals surface area contributed by atoms with Gasteiger partial charge in [-0.3, -0.25) is 0 Å². The van der Waals surface area contributed by atoms with E-state index in [0.29, 0.717) is 0 Å². The van der Waals surface area contributed by atoms with Crippen LogP contribution in [0.2, 0.25) is 0 Å². The van der Waals surface area contributed by atoms with Crippen LogP contribution >= 0.6 is 0 Å². The topological polar surface area (TPSA) is 38.5 Å². The number of hydrogen-bond acceptors (Lipinski definition) is 3. The molecule has 1 atom stereocenters. The van der Waals surface area contributed by atoms with Crippen LogP contribution in [0.1, 0.15) is 12.5 Å². The maximum Gasteiger partial charge on any atom is 0.142 e. The van der Waals surface area contributed by atoms with Crippen molar-refractivity contribution in [2.24, 2.45) is 5.73 Å². The molecule has 3 nitrogen and oxygen atoms in total. The molecule has 0 saturated carbocycles.